The molecule has 0 atom stereocenters. The minimum absolute atomic E-state index is 0.319. The third-order valence-corrected chi connectivity index (χ3v) is 2.17. The van der Waals surface area contributed by atoms with Crippen molar-refractivity contribution >= 4 is 11.6 Å². The van der Waals surface area contributed by atoms with Crippen molar-refractivity contribution in [2.75, 3.05) is 0 Å². The van der Waals surface area contributed by atoms with Crippen molar-refractivity contribution in [2.45, 2.75) is 13.5 Å². The van der Waals surface area contributed by atoms with Crippen LogP contribution < -0.4 is 5.56 Å². The maximum absolute atomic E-state index is 11.7. The van der Waals surface area contributed by atoms with Crippen LogP contribution in [-0.4, -0.2) is 25.3 Å². The summed E-state index contributed by atoms with van der Waals surface area (Å²) in [5, 5.41) is 8.76. The van der Waals surface area contributed by atoms with Gasteiger partial charge in [0.2, 0.25) is 0 Å². The zero-order valence-corrected chi connectivity index (χ0v) is 8.04. The minimum atomic E-state index is -1.26. The predicted octanol–water partition coefficient (Wildman–Crippen LogP) is 0.214. The lowest BCUT2D eigenvalue weighted by molar-refractivity contribution is 0.0694. The molecular formula is C9H9N3O3. The number of hydrogen-bond acceptors (Lipinski definition) is 3. The third-order valence-electron chi connectivity index (χ3n) is 2.17. The van der Waals surface area contributed by atoms with Gasteiger partial charge in [-0.15, -0.1) is 0 Å². The van der Waals surface area contributed by atoms with E-state index in [1.807, 2.05) is 6.92 Å². The van der Waals surface area contributed by atoms with E-state index in [-0.39, 0.29) is 5.56 Å². The van der Waals surface area contributed by atoms with Crippen LogP contribution in [0.5, 0.6) is 0 Å². The third kappa shape index (κ3) is 1.30. The molecule has 0 saturated carbocycles. The van der Waals surface area contributed by atoms with Crippen molar-refractivity contribution in [2.24, 2.45) is 0 Å². The van der Waals surface area contributed by atoms with Crippen LogP contribution in [0.15, 0.2) is 23.3 Å². The van der Waals surface area contributed by atoms with Crippen LogP contribution in [0.2, 0.25) is 0 Å². The number of carboxylic acid groups (broad SMARTS) is 1. The van der Waals surface area contributed by atoms with Crippen molar-refractivity contribution in [3.63, 3.8) is 0 Å². The lowest BCUT2D eigenvalue weighted by atomic mass is 10.3. The number of carbonyl (C=O) groups is 1. The van der Waals surface area contributed by atoms with Crippen LogP contribution in [-0.2, 0) is 6.54 Å². The normalized spacial score (nSPS) is 10.7. The summed E-state index contributed by atoms with van der Waals surface area (Å²) in [4.78, 5) is 26.3. The summed E-state index contributed by atoms with van der Waals surface area (Å²) in [6.07, 6.45) is 2.77. The SMILES string of the molecule is CCn1ccc2ncc(C(=O)O)c(=O)n21. The zero-order chi connectivity index (χ0) is 11.0. The number of aromatic nitrogens is 3. The van der Waals surface area contributed by atoms with Gasteiger partial charge in [-0.2, -0.15) is 4.52 Å². The van der Waals surface area contributed by atoms with Gasteiger partial charge in [-0.25, -0.2) is 9.78 Å². The largest absolute Gasteiger partial charge is 0.477 e. The lowest BCUT2D eigenvalue weighted by Gasteiger charge is -2.02. The van der Waals surface area contributed by atoms with Gasteiger partial charge in [0.15, 0.2) is 5.65 Å². The topological polar surface area (TPSA) is 76.6 Å². The van der Waals surface area contributed by atoms with Gasteiger partial charge >= 0.3 is 5.97 Å². The molecule has 0 aromatic carbocycles. The van der Waals surface area contributed by atoms with Gasteiger partial charge in [0.05, 0.1) is 0 Å². The second-order valence-corrected chi connectivity index (χ2v) is 3.02. The number of rotatable bonds is 2. The molecule has 0 aliphatic heterocycles. The summed E-state index contributed by atoms with van der Waals surface area (Å²) in [5.74, 6) is -1.26. The molecular weight excluding hydrogens is 198 g/mol. The van der Waals surface area contributed by atoms with Crippen molar-refractivity contribution in [3.05, 3.63) is 34.4 Å². The summed E-state index contributed by atoms with van der Waals surface area (Å²) >= 11 is 0. The first-order valence-electron chi connectivity index (χ1n) is 4.45. The van der Waals surface area contributed by atoms with E-state index in [1.165, 1.54) is 4.52 Å². The molecule has 0 fully saturated rings. The van der Waals surface area contributed by atoms with E-state index in [0.29, 0.717) is 12.2 Å². The van der Waals surface area contributed by atoms with Gasteiger partial charge in [-0.05, 0) is 6.92 Å². The van der Waals surface area contributed by atoms with Crippen molar-refractivity contribution < 1.29 is 9.90 Å². The Balaban J connectivity index is 2.87. The van der Waals surface area contributed by atoms with Gasteiger partial charge in [-0.3, -0.25) is 9.48 Å². The maximum atomic E-state index is 11.7. The Bertz CT molecular complexity index is 582. The van der Waals surface area contributed by atoms with E-state index in [0.717, 1.165) is 6.20 Å². The Morgan fingerprint density at radius 1 is 1.60 bits per heavy atom. The van der Waals surface area contributed by atoms with Crippen LogP contribution in [0, 0.1) is 0 Å². The summed E-state index contributed by atoms with van der Waals surface area (Å²) in [7, 11) is 0. The summed E-state index contributed by atoms with van der Waals surface area (Å²) in [5.41, 5.74) is -0.424. The molecule has 2 rings (SSSR count). The molecule has 1 N–H and O–H groups in total. The number of nitrogens with zero attached hydrogens (tertiary/aromatic N) is 3. The summed E-state index contributed by atoms with van der Waals surface area (Å²) in [6.45, 7) is 2.44. The van der Waals surface area contributed by atoms with Gasteiger partial charge in [0.1, 0.15) is 5.56 Å². The van der Waals surface area contributed by atoms with Crippen LogP contribution in [0.4, 0.5) is 0 Å². The highest BCUT2D eigenvalue weighted by Crippen LogP contribution is 1.99. The van der Waals surface area contributed by atoms with E-state index >= 15 is 0 Å². The highest BCUT2D eigenvalue weighted by Gasteiger charge is 2.13. The van der Waals surface area contributed by atoms with Gasteiger partial charge in [0, 0.05) is 25.0 Å². The van der Waals surface area contributed by atoms with Gasteiger partial charge in [-0.1, -0.05) is 0 Å². The number of carboxylic acids is 1. The Morgan fingerprint density at radius 2 is 2.33 bits per heavy atom. The fourth-order valence-corrected chi connectivity index (χ4v) is 1.43. The van der Waals surface area contributed by atoms with Crippen LogP contribution in [0.25, 0.3) is 5.65 Å². The van der Waals surface area contributed by atoms with Crippen LogP contribution in [0.3, 0.4) is 0 Å². The Morgan fingerprint density at radius 3 is 2.93 bits per heavy atom. The second-order valence-electron chi connectivity index (χ2n) is 3.02. The first-order chi connectivity index (χ1) is 7.15. The number of aromatic carboxylic acids is 1. The quantitative estimate of drug-likeness (QED) is 0.763. The highest BCUT2D eigenvalue weighted by molar-refractivity contribution is 5.86. The van der Waals surface area contributed by atoms with Crippen molar-refractivity contribution in [1.82, 2.24) is 14.2 Å². The van der Waals surface area contributed by atoms with E-state index in [1.54, 1.807) is 16.9 Å². The molecule has 0 spiro atoms. The smallest absolute Gasteiger partial charge is 0.343 e. The first-order valence-corrected chi connectivity index (χ1v) is 4.45. The van der Waals surface area contributed by atoms with Crippen LogP contribution >= 0.6 is 0 Å². The fraction of sp³-hybridized carbons (Fsp3) is 0.222. The molecule has 0 aliphatic carbocycles. The zero-order valence-electron chi connectivity index (χ0n) is 8.04. The minimum Gasteiger partial charge on any atom is -0.477 e. The Kier molecular flexibility index (Phi) is 2.03. The highest BCUT2D eigenvalue weighted by atomic mass is 16.4. The predicted molar refractivity (Wildman–Crippen MR) is 52.1 cm³/mol. The molecule has 2 heterocycles. The Labute approximate surface area is 84.4 Å². The van der Waals surface area contributed by atoms with Gasteiger partial charge in [0.25, 0.3) is 5.56 Å². The average molecular weight is 207 g/mol. The molecule has 2 aromatic heterocycles. The van der Waals surface area contributed by atoms with Crippen LogP contribution in [0.1, 0.15) is 17.3 Å². The number of hydrogen-bond donors (Lipinski definition) is 1. The van der Waals surface area contributed by atoms with E-state index < -0.39 is 11.5 Å². The van der Waals surface area contributed by atoms with Gasteiger partial charge < -0.3 is 5.11 Å². The van der Waals surface area contributed by atoms with E-state index in [9.17, 15) is 9.59 Å². The molecule has 6 nitrogen and oxygen atoms in total. The lowest BCUT2D eigenvalue weighted by Crippen LogP contribution is -2.26. The standard InChI is InChI=1S/C9H9N3O3/c1-2-11-4-3-7-10-5-6(9(14)15)8(13)12(7)11/h3-5H,2H2,1H3,(H,14,15). The summed E-state index contributed by atoms with van der Waals surface area (Å²) in [6, 6.07) is 1.66. The van der Waals surface area contributed by atoms with E-state index in [4.69, 9.17) is 5.11 Å². The molecule has 6 heteroatoms. The van der Waals surface area contributed by atoms with E-state index in [2.05, 4.69) is 4.98 Å². The number of aryl methyl sites for hydroxylation is 1. The molecule has 78 valence electrons. The molecule has 0 bridgehead atoms. The maximum Gasteiger partial charge on any atom is 0.343 e. The molecule has 0 amide bonds. The molecule has 2 aromatic rings. The molecule has 0 unspecified atom stereocenters. The Hall–Kier alpha value is -2.11. The fourth-order valence-electron chi connectivity index (χ4n) is 1.43. The second kappa shape index (κ2) is 3.23. The molecule has 15 heavy (non-hydrogen) atoms. The first kappa shape index (κ1) is 9.45. The average Bonchev–Trinajstić information content (AvgIpc) is 2.61. The summed E-state index contributed by atoms with van der Waals surface area (Å²) < 4.78 is 2.86. The van der Waals surface area contributed by atoms with Crippen molar-refractivity contribution in [3.8, 4) is 0 Å². The molecule has 0 aliphatic rings. The molecule has 0 radical (unpaired) electrons. The number of fused-ring (bicyclic) bond motifs is 1. The monoisotopic (exact) mass is 207 g/mol. The molecule has 0 saturated heterocycles. The van der Waals surface area contributed by atoms with Crippen molar-refractivity contribution in [1.29, 1.82) is 0 Å².